The Morgan fingerprint density at radius 3 is 2.54 bits per heavy atom. The third-order valence-electron chi connectivity index (χ3n) is 4.47. The molecule has 0 N–H and O–H groups in total. The topological polar surface area (TPSA) is 74.1 Å². The van der Waals surface area contributed by atoms with Crippen LogP contribution in [-0.4, -0.2) is 29.0 Å². The number of benzene rings is 1. The summed E-state index contributed by atoms with van der Waals surface area (Å²) in [6, 6.07) is 6.69. The fraction of sp³-hybridized carbons (Fsp3) is 0.333. The average Bonchev–Trinajstić information content (AvgIpc) is 3.36. The van der Waals surface area contributed by atoms with E-state index in [0.717, 1.165) is 27.9 Å². The van der Waals surface area contributed by atoms with Crippen LogP contribution in [0.15, 0.2) is 35.4 Å². The van der Waals surface area contributed by atoms with E-state index in [1.807, 2.05) is 13.8 Å². The molecule has 0 saturated heterocycles. The summed E-state index contributed by atoms with van der Waals surface area (Å²) < 4.78 is 33.1. The Morgan fingerprint density at radius 2 is 1.88 bits per heavy atom. The largest absolute Gasteiger partial charge is 0.477 e. The molecule has 0 atom stereocenters. The number of aryl methyl sites for hydroxylation is 2. The van der Waals surface area contributed by atoms with Crippen LogP contribution in [0.5, 0.6) is 5.88 Å². The highest BCUT2D eigenvalue weighted by atomic mass is 35.5. The van der Waals surface area contributed by atoms with E-state index in [1.165, 1.54) is 6.20 Å². The Balaban J connectivity index is 1.86. The molecule has 4 rings (SSSR count). The quantitative estimate of drug-likeness (QED) is 0.619. The van der Waals surface area contributed by atoms with E-state index < -0.39 is 10.0 Å². The van der Waals surface area contributed by atoms with Gasteiger partial charge in [0.2, 0.25) is 11.2 Å². The van der Waals surface area contributed by atoms with Gasteiger partial charge in [0.05, 0.1) is 16.9 Å². The third-order valence-corrected chi connectivity index (χ3v) is 6.31. The van der Waals surface area contributed by atoms with Crippen LogP contribution >= 0.6 is 11.6 Å². The van der Waals surface area contributed by atoms with Crippen LogP contribution in [-0.2, 0) is 10.0 Å². The summed E-state index contributed by atoms with van der Waals surface area (Å²) in [4.78, 5) is 8.52. The van der Waals surface area contributed by atoms with Crippen molar-refractivity contribution >= 4 is 32.7 Å². The molecule has 136 valence electrons. The molecule has 2 heterocycles. The van der Waals surface area contributed by atoms with Gasteiger partial charge in [-0.25, -0.2) is 12.4 Å². The standard InChI is InChI=1S/C18H18ClN3O3S/c1-11-3-7-14(8-4-11)26(23,24)22-9-12(2)15-16(22)20-18(19)21-17(15)25-10-13-5-6-13/h3-4,7-9,13H,5-6,10H2,1-2H3. The number of halogens is 1. The maximum absolute atomic E-state index is 13.1. The van der Waals surface area contributed by atoms with Gasteiger partial charge in [0.1, 0.15) is 0 Å². The van der Waals surface area contributed by atoms with Crippen LogP contribution in [0, 0.1) is 19.8 Å². The number of ether oxygens (including phenoxy) is 1. The molecule has 1 aromatic carbocycles. The van der Waals surface area contributed by atoms with E-state index in [0.29, 0.717) is 23.8 Å². The fourth-order valence-electron chi connectivity index (χ4n) is 2.80. The molecule has 1 aliphatic carbocycles. The summed E-state index contributed by atoms with van der Waals surface area (Å²) in [5, 5.41) is 0.535. The van der Waals surface area contributed by atoms with Gasteiger partial charge in [-0.3, -0.25) is 0 Å². The van der Waals surface area contributed by atoms with Crippen LogP contribution in [0.2, 0.25) is 5.28 Å². The Labute approximate surface area is 156 Å². The second-order valence-electron chi connectivity index (χ2n) is 6.68. The van der Waals surface area contributed by atoms with Crippen molar-refractivity contribution in [1.29, 1.82) is 0 Å². The van der Waals surface area contributed by atoms with Crippen molar-refractivity contribution in [3.63, 3.8) is 0 Å². The third kappa shape index (κ3) is 3.05. The van der Waals surface area contributed by atoms with Crippen LogP contribution in [0.1, 0.15) is 24.0 Å². The molecule has 0 spiro atoms. The minimum absolute atomic E-state index is 0.0400. The molecule has 1 saturated carbocycles. The molecule has 8 heteroatoms. The van der Waals surface area contributed by atoms with Crippen molar-refractivity contribution in [2.24, 2.45) is 5.92 Å². The Morgan fingerprint density at radius 1 is 1.19 bits per heavy atom. The van der Waals surface area contributed by atoms with Crippen LogP contribution in [0.25, 0.3) is 11.0 Å². The maximum atomic E-state index is 13.1. The van der Waals surface area contributed by atoms with Gasteiger partial charge in [0.25, 0.3) is 10.0 Å². The van der Waals surface area contributed by atoms with Crippen molar-refractivity contribution in [3.05, 3.63) is 46.9 Å². The van der Waals surface area contributed by atoms with Gasteiger partial charge >= 0.3 is 0 Å². The van der Waals surface area contributed by atoms with Crippen molar-refractivity contribution in [2.75, 3.05) is 6.61 Å². The number of rotatable bonds is 5. The van der Waals surface area contributed by atoms with Crippen molar-refractivity contribution in [1.82, 2.24) is 13.9 Å². The van der Waals surface area contributed by atoms with Gasteiger partial charge in [-0.05, 0) is 61.9 Å². The lowest BCUT2D eigenvalue weighted by molar-refractivity contribution is 0.292. The second kappa shape index (κ2) is 6.25. The number of aromatic nitrogens is 3. The van der Waals surface area contributed by atoms with Crippen LogP contribution in [0.3, 0.4) is 0 Å². The second-order valence-corrected chi connectivity index (χ2v) is 8.83. The van der Waals surface area contributed by atoms with E-state index in [1.54, 1.807) is 24.3 Å². The van der Waals surface area contributed by atoms with Gasteiger partial charge in [-0.2, -0.15) is 9.97 Å². The molecule has 0 amide bonds. The van der Waals surface area contributed by atoms with Gasteiger partial charge in [-0.15, -0.1) is 0 Å². The van der Waals surface area contributed by atoms with Gasteiger partial charge < -0.3 is 4.74 Å². The zero-order valence-electron chi connectivity index (χ0n) is 14.4. The highest BCUT2D eigenvalue weighted by molar-refractivity contribution is 7.90. The van der Waals surface area contributed by atoms with E-state index >= 15 is 0 Å². The normalized spacial score (nSPS) is 14.7. The number of fused-ring (bicyclic) bond motifs is 1. The average molecular weight is 392 g/mol. The zero-order chi connectivity index (χ0) is 18.5. The Hall–Kier alpha value is -2.12. The summed E-state index contributed by atoms with van der Waals surface area (Å²) >= 11 is 6.04. The molecule has 1 aliphatic rings. The number of hydrogen-bond donors (Lipinski definition) is 0. The first-order valence-electron chi connectivity index (χ1n) is 8.36. The van der Waals surface area contributed by atoms with Crippen molar-refractivity contribution in [3.8, 4) is 5.88 Å². The molecule has 0 unspecified atom stereocenters. The Bertz CT molecular complexity index is 1090. The van der Waals surface area contributed by atoms with E-state index in [-0.39, 0.29) is 15.8 Å². The molecule has 0 radical (unpaired) electrons. The number of nitrogens with zero attached hydrogens (tertiary/aromatic N) is 3. The maximum Gasteiger partial charge on any atom is 0.269 e. The summed E-state index contributed by atoms with van der Waals surface area (Å²) in [5.41, 5.74) is 1.94. The summed E-state index contributed by atoms with van der Waals surface area (Å²) in [7, 11) is -3.80. The highest BCUT2D eigenvalue weighted by Crippen LogP contribution is 2.34. The molecular formula is C18H18ClN3O3S. The monoisotopic (exact) mass is 391 g/mol. The summed E-state index contributed by atoms with van der Waals surface area (Å²) in [5.74, 6) is 0.875. The first-order chi connectivity index (χ1) is 12.4. The van der Waals surface area contributed by atoms with E-state index in [2.05, 4.69) is 9.97 Å². The first kappa shape index (κ1) is 17.3. The lowest BCUT2D eigenvalue weighted by Gasteiger charge is -2.09. The molecule has 1 fully saturated rings. The smallest absolute Gasteiger partial charge is 0.269 e. The van der Waals surface area contributed by atoms with Gasteiger partial charge in [0, 0.05) is 6.20 Å². The molecule has 26 heavy (non-hydrogen) atoms. The summed E-state index contributed by atoms with van der Waals surface area (Å²) in [6.45, 7) is 4.27. The predicted molar refractivity (Wildman–Crippen MR) is 99.3 cm³/mol. The summed E-state index contributed by atoms with van der Waals surface area (Å²) in [6.07, 6.45) is 3.82. The van der Waals surface area contributed by atoms with E-state index in [9.17, 15) is 8.42 Å². The molecule has 6 nitrogen and oxygen atoms in total. The molecule has 3 aromatic rings. The minimum Gasteiger partial charge on any atom is -0.477 e. The van der Waals surface area contributed by atoms with Gasteiger partial charge in [0.15, 0.2) is 5.65 Å². The molecule has 2 aromatic heterocycles. The number of hydrogen-bond acceptors (Lipinski definition) is 5. The lowest BCUT2D eigenvalue weighted by Crippen LogP contribution is -2.13. The molecule has 0 aliphatic heterocycles. The van der Waals surface area contributed by atoms with E-state index in [4.69, 9.17) is 16.3 Å². The SMILES string of the molecule is Cc1ccc(S(=O)(=O)n2cc(C)c3c(OCC4CC4)nc(Cl)nc32)cc1. The highest BCUT2D eigenvalue weighted by Gasteiger charge is 2.26. The van der Waals surface area contributed by atoms with Crippen LogP contribution < -0.4 is 4.74 Å². The van der Waals surface area contributed by atoms with Gasteiger partial charge in [-0.1, -0.05) is 17.7 Å². The van der Waals surface area contributed by atoms with Crippen LogP contribution in [0.4, 0.5) is 0 Å². The van der Waals surface area contributed by atoms with Crippen molar-refractivity contribution < 1.29 is 13.2 Å². The predicted octanol–water partition coefficient (Wildman–Crippen LogP) is 3.73. The van der Waals surface area contributed by atoms with Crippen molar-refractivity contribution in [2.45, 2.75) is 31.6 Å². The Kier molecular flexibility index (Phi) is 4.16. The molecular weight excluding hydrogens is 374 g/mol. The minimum atomic E-state index is -3.80. The lowest BCUT2D eigenvalue weighted by atomic mass is 10.2. The fourth-order valence-corrected chi connectivity index (χ4v) is 4.32. The molecule has 0 bridgehead atoms. The zero-order valence-corrected chi connectivity index (χ0v) is 16.0. The first-order valence-corrected chi connectivity index (χ1v) is 10.2.